The molecule has 2 aliphatic heterocycles. The van der Waals surface area contributed by atoms with Crippen LogP contribution in [0.5, 0.6) is 0 Å². The number of rotatable bonds is 4. The van der Waals surface area contributed by atoms with E-state index in [2.05, 4.69) is 4.72 Å². The molecule has 7 nitrogen and oxygen atoms in total. The predicted octanol–water partition coefficient (Wildman–Crippen LogP) is 0.237. The van der Waals surface area contributed by atoms with E-state index in [4.69, 9.17) is 14.6 Å². The van der Waals surface area contributed by atoms with Crippen LogP contribution in [-0.4, -0.2) is 38.2 Å². The van der Waals surface area contributed by atoms with Crippen molar-refractivity contribution in [3.8, 4) is 0 Å². The molecule has 21 heavy (non-hydrogen) atoms. The predicted molar refractivity (Wildman–Crippen MR) is 71.0 cm³/mol. The van der Waals surface area contributed by atoms with E-state index in [9.17, 15) is 13.2 Å². The number of carboxylic acid groups (broad SMARTS) is 1. The van der Waals surface area contributed by atoms with Crippen LogP contribution >= 0.6 is 0 Å². The van der Waals surface area contributed by atoms with Crippen molar-refractivity contribution in [3.63, 3.8) is 0 Å². The second-order valence-electron chi connectivity index (χ2n) is 5.07. The molecule has 2 aliphatic rings. The molecule has 1 aromatic carbocycles. The van der Waals surface area contributed by atoms with E-state index in [1.165, 1.54) is 6.07 Å². The molecular weight excluding hydrogens is 298 g/mol. The number of nitrogens with one attached hydrogen (secondary N) is 1. The van der Waals surface area contributed by atoms with Crippen LogP contribution in [0.1, 0.15) is 17.5 Å². The van der Waals surface area contributed by atoms with Gasteiger partial charge in [0.1, 0.15) is 0 Å². The summed E-state index contributed by atoms with van der Waals surface area (Å²) in [6.07, 6.45) is -0.804. The number of ether oxygens (including phenoxy) is 2. The average molecular weight is 313 g/mol. The number of benzene rings is 1. The molecule has 1 saturated heterocycles. The Morgan fingerprint density at radius 1 is 1.29 bits per heavy atom. The highest BCUT2D eigenvalue weighted by atomic mass is 32.2. The lowest BCUT2D eigenvalue weighted by molar-refractivity contribution is -0.147. The van der Waals surface area contributed by atoms with E-state index in [1.54, 1.807) is 12.1 Å². The van der Waals surface area contributed by atoms with Gasteiger partial charge in [-0.05, 0) is 29.7 Å². The van der Waals surface area contributed by atoms with E-state index >= 15 is 0 Å². The third kappa shape index (κ3) is 2.80. The summed E-state index contributed by atoms with van der Waals surface area (Å²) < 4.78 is 37.4. The summed E-state index contributed by atoms with van der Waals surface area (Å²) in [5.74, 6) is -1.16. The molecule has 0 saturated carbocycles. The van der Waals surface area contributed by atoms with Gasteiger partial charge in [-0.2, -0.15) is 0 Å². The van der Waals surface area contributed by atoms with Crippen molar-refractivity contribution in [2.24, 2.45) is 0 Å². The molecule has 0 bridgehead atoms. The zero-order valence-corrected chi connectivity index (χ0v) is 11.9. The number of carboxylic acids is 1. The molecule has 2 N–H and O–H groups in total. The van der Waals surface area contributed by atoms with Crippen LogP contribution in [0, 0.1) is 0 Å². The molecule has 0 unspecified atom stereocenters. The van der Waals surface area contributed by atoms with E-state index < -0.39 is 28.1 Å². The molecule has 0 spiro atoms. The third-order valence-electron chi connectivity index (χ3n) is 3.64. The van der Waals surface area contributed by atoms with Crippen molar-refractivity contribution in [1.82, 2.24) is 4.72 Å². The fraction of sp³-hybridized carbons (Fsp3) is 0.462. The number of sulfonamides is 1. The van der Waals surface area contributed by atoms with Gasteiger partial charge in [0.05, 0.1) is 24.2 Å². The smallest absolute Gasteiger partial charge is 0.334 e. The Morgan fingerprint density at radius 2 is 2.05 bits per heavy atom. The average Bonchev–Trinajstić information content (AvgIpc) is 3.05. The van der Waals surface area contributed by atoms with Gasteiger partial charge in [0.25, 0.3) is 0 Å². The first-order chi connectivity index (χ1) is 9.97. The van der Waals surface area contributed by atoms with Crippen molar-refractivity contribution in [3.05, 3.63) is 29.3 Å². The fourth-order valence-corrected chi connectivity index (χ4v) is 3.86. The SMILES string of the molecule is O=C(O)[C@@H]1OCC[C@@H]1NS(=O)(=O)c1ccc2c(c1)COC2. The Kier molecular flexibility index (Phi) is 3.70. The number of hydrogen-bond donors (Lipinski definition) is 2. The molecule has 0 radical (unpaired) electrons. The quantitative estimate of drug-likeness (QED) is 0.825. The largest absolute Gasteiger partial charge is 0.479 e. The summed E-state index contributed by atoms with van der Waals surface area (Å²) in [5.41, 5.74) is 1.82. The number of aliphatic carboxylic acids is 1. The number of hydrogen-bond acceptors (Lipinski definition) is 5. The van der Waals surface area contributed by atoms with E-state index in [0.717, 1.165) is 11.1 Å². The lowest BCUT2D eigenvalue weighted by Crippen LogP contribution is -2.43. The minimum atomic E-state index is -3.78. The van der Waals surface area contributed by atoms with Gasteiger partial charge in [0.2, 0.25) is 10.0 Å². The van der Waals surface area contributed by atoms with Gasteiger partial charge in [-0.1, -0.05) is 6.07 Å². The van der Waals surface area contributed by atoms with Crippen molar-refractivity contribution >= 4 is 16.0 Å². The molecule has 8 heteroatoms. The third-order valence-corrected chi connectivity index (χ3v) is 5.13. The highest BCUT2D eigenvalue weighted by Crippen LogP contribution is 2.24. The molecule has 0 aromatic heterocycles. The van der Waals surface area contributed by atoms with Crippen LogP contribution in [0.2, 0.25) is 0 Å². The first-order valence-corrected chi connectivity index (χ1v) is 8.02. The summed E-state index contributed by atoms with van der Waals surface area (Å²) >= 11 is 0. The minimum absolute atomic E-state index is 0.114. The van der Waals surface area contributed by atoms with Crippen molar-refractivity contribution in [1.29, 1.82) is 0 Å². The Balaban J connectivity index is 1.82. The minimum Gasteiger partial charge on any atom is -0.479 e. The normalized spacial score (nSPS) is 25.0. The van der Waals surface area contributed by atoms with Crippen LogP contribution in [0.25, 0.3) is 0 Å². The van der Waals surface area contributed by atoms with Gasteiger partial charge in [-0.3, -0.25) is 0 Å². The maximum Gasteiger partial charge on any atom is 0.334 e. The summed E-state index contributed by atoms with van der Waals surface area (Å²) in [6.45, 7) is 1.10. The Bertz CT molecular complexity index is 671. The topological polar surface area (TPSA) is 102 Å². The van der Waals surface area contributed by atoms with Gasteiger partial charge >= 0.3 is 5.97 Å². The number of fused-ring (bicyclic) bond motifs is 1. The van der Waals surface area contributed by atoms with Gasteiger partial charge < -0.3 is 14.6 Å². The van der Waals surface area contributed by atoms with Crippen LogP contribution in [0.15, 0.2) is 23.1 Å². The summed E-state index contributed by atoms with van der Waals surface area (Å²) in [6, 6.07) is 4.03. The standard InChI is InChI=1S/C13H15NO6S/c15-13(16)12-11(3-4-20-12)14-21(17,18)10-2-1-8-6-19-7-9(8)5-10/h1-2,5,11-12,14H,3-4,6-7H2,(H,15,16)/t11-,12+/m0/s1. The van der Waals surface area contributed by atoms with Gasteiger partial charge in [-0.15, -0.1) is 0 Å². The van der Waals surface area contributed by atoms with Crippen LogP contribution < -0.4 is 4.72 Å². The maximum atomic E-state index is 12.4. The first kappa shape index (κ1) is 14.5. The molecule has 0 aliphatic carbocycles. The zero-order valence-electron chi connectivity index (χ0n) is 11.1. The molecule has 2 heterocycles. The Labute approximate surface area is 121 Å². The molecule has 1 fully saturated rings. The molecular formula is C13H15NO6S. The summed E-state index contributed by atoms with van der Waals surface area (Å²) in [4.78, 5) is 11.1. The highest BCUT2D eigenvalue weighted by molar-refractivity contribution is 7.89. The van der Waals surface area contributed by atoms with Crippen molar-refractivity contribution < 1.29 is 27.8 Å². The first-order valence-electron chi connectivity index (χ1n) is 6.54. The molecule has 3 rings (SSSR count). The second kappa shape index (κ2) is 5.38. The summed E-state index contributed by atoms with van der Waals surface area (Å²) in [7, 11) is -3.78. The van der Waals surface area contributed by atoms with Crippen molar-refractivity contribution in [2.75, 3.05) is 6.61 Å². The van der Waals surface area contributed by atoms with Gasteiger partial charge in [-0.25, -0.2) is 17.9 Å². The van der Waals surface area contributed by atoms with Crippen LogP contribution in [0.4, 0.5) is 0 Å². The van der Waals surface area contributed by atoms with E-state index in [-0.39, 0.29) is 11.5 Å². The van der Waals surface area contributed by atoms with E-state index in [0.29, 0.717) is 19.6 Å². The van der Waals surface area contributed by atoms with Crippen molar-refractivity contribution in [2.45, 2.75) is 36.7 Å². The molecule has 114 valence electrons. The highest BCUT2D eigenvalue weighted by Gasteiger charge is 2.37. The van der Waals surface area contributed by atoms with Gasteiger partial charge in [0.15, 0.2) is 6.10 Å². The fourth-order valence-electron chi connectivity index (χ4n) is 2.54. The monoisotopic (exact) mass is 313 g/mol. The Morgan fingerprint density at radius 3 is 2.81 bits per heavy atom. The lowest BCUT2D eigenvalue weighted by atomic mass is 10.1. The van der Waals surface area contributed by atoms with Crippen LogP contribution in [-0.2, 0) is 37.5 Å². The Hall–Kier alpha value is -1.48. The zero-order chi connectivity index (χ0) is 15.0. The molecule has 1 aromatic rings. The van der Waals surface area contributed by atoms with E-state index in [1.807, 2.05) is 0 Å². The summed E-state index contributed by atoms with van der Waals surface area (Å²) in [5, 5.41) is 9.00. The maximum absolute atomic E-state index is 12.4. The lowest BCUT2D eigenvalue weighted by Gasteiger charge is -2.16. The van der Waals surface area contributed by atoms with Crippen LogP contribution in [0.3, 0.4) is 0 Å². The molecule has 0 amide bonds. The van der Waals surface area contributed by atoms with Gasteiger partial charge in [0, 0.05) is 6.61 Å². The number of carbonyl (C=O) groups is 1. The second-order valence-corrected chi connectivity index (χ2v) is 6.78. The molecule has 2 atom stereocenters.